The summed E-state index contributed by atoms with van der Waals surface area (Å²) in [6.07, 6.45) is 2.10. The Hall–Kier alpha value is -2.67. The van der Waals surface area contributed by atoms with E-state index < -0.39 is 0 Å². The second-order valence-corrected chi connectivity index (χ2v) is 6.87. The second-order valence-electron chi connectivity index (χ2n) is 6.87. The van der Waals surface area contributed by atoms with Gasteiger partial charge in [0.25, 0.3) is 5.91 Å². The van der Waals surface area contributed by atoms with E-state index >= 15 is 0 Å². The maximum absolute atomic E-state index is 12.8. The Morgan fingerprint density at radius 3 is 2.67 bits per heavy atom. The molecule has 7 heteroatoms. The molecule has 2 aromatic rings. The fourth-order valence-electron chi connectivity index (χ4n) is 3.04. The number of aromatic nitrogens is 1. The van der Waals surface area contributed by atoms with Crippen LogP contribution in [0.15, 0.2) is 34.9 Å². The van der Waals surface area contributed by atoms with Crippen LogP contribution < -0.4 is 5.32 Å². The van der Waals surface area contributed by atoms with E-state index in [0.29, 0.717) is 25.5 Å². The van der Waals surface area contributed by atoms with Crippen LogP contribution in [0, 0.1) is 13.8 Å². The highest BCUT2D eigenvalue weighted by molar-refractivity contribution is 5.94. The fourth-order valence-corrected chi connectivity index (χ4v) is 3.04. The zero-order valence-corrected chi connectivity index (χ0v) is 15.7. The third kappa shape index (κ3) is 5.40. The van der Waals surface area contributed by atoms with Crippen LogP contribution in [0.2, 0.25) is 0 Å². The largest absolute Gasteiger partial charge is 0.376 e. The number of hydrogen-bond donors (Lipinski definition) is 1. The lowest BCUT2D eigenvalue weighted by Crippen LogP contribution is -2.39. The highest BCUT2D eigenvalue weighted by atomic mass is 16.5. The van der Waals surface area contributed by atoms with Crippen molar-refractivity contribution in [1.29, 1.82) is 0 Å². The molecule has 2 heterocycles. The van der Waals surface area contributed by atoms with Gasteiger partial charge in [-0.1, -0.05) is 22.9 Å². The molecule has 0 aliphatic carbocycles. The predicted octanol–water partition coefficient (Wildman–Crippen LogP) is 2.94. The summed E-state index contributed by atoms with van der Waals surface area (Å²) in [6.45, 7) is 5.18. The van der Waals surface area contributed by atoms with Crippen molar-refractivity contribution in [2.45, 2.75) is 39.2 Å². The smallest absolute Gasteiger partial charge is 0.276 e. The fraction of sp³-hybridized carbons (Fsp3) is 0.450. The van der Waals surface area contributed by atoms with E-state index in [1.807, 2.05) is 31.2 Å². The van der Waals surface area contributed by atoms with Gasteiger partial charge in [0.1, 0.15) is 5.76 Å². The average Bonchev–Trinajstić information content (AvgIpc) is 3.31. The first-order chi connectivity index (χ1) is 13.0. The maximum atomic E-state index is 12.8. The van der Waals surface area contributed by atoms with Gasteiger partial charge in [-0.05, 0) is 38.8 Å². The van der Waals surface area contributed by atoms with Gasteiger partial charge in [-0.2, -0.15) is 0 Å². The molecule has 1 aromatic heterocycles. The first-order valence-corrected chi connectivity index (χ1v) is 9.22. The third-order valence-electron chi connectivity index (χ3n) is 4.53. The highest BCUT2D eigenvalue weighted by Gasteiger charge is 2.25. The van der Waals surface area contributed by atoms with E-state index in [1.165, 1.54) is 0 Å². The molecule has 0 radical (unpaired) electrons. The maximum Gasteiger partial charge on any atom is 0.276 e. The number of hydrogen-bond acceptors (Lipinski definition) is 5. The quantitative estimate of drug-likeness (QED) is 0.809. The van der Waals surface area contributed by atoms with Crippen molar-refractivity contribution in [2.24, 2.45) is 0 Å². The van der Waals surface area contributed by atoms with Crippen LogP contribution in [0.5, 0.6) is 0 Å². The molecular formula is C20H25N3O4. The van der Waals surface area contributed by atoms with E-state index in [4.69, 9.17) is 9.26 Å². The van der Waals surface area contributed by atoms with Crippen molar-refractivity contribution in [2.75, 3.05) is 25.0 Å². The van der Waals surface area contributed by atoms with E-state index in [1.54, 1.807) is 17.9 Å². The van der Waals surface area contributed by atoms with E-state index in [-0.39, 0.29) is 30.0 Å². The molecule has 3 rings (SSSR count). The van der Waals surface area contributed by atoms with Crippen molar-refractivity contribution in [3.8, 4) is 0 Å². The molecule has 1 atom stereocenters. The summed E-state index contributed by atoms with van der Waals surface area (Å²) in [4.78, 5) is 26.7. The van der Waals surface area contributed by atoms with Crippen molar-refractivity contribution in [1.82, 2.24) is 10.1 Å². The van der Waals surface area contributed by atoms with Crippen LogP contribution in [-0.2, 0) is 9.53 Å². The second kappa shape index (κ2) is 8.81. The Morgan fingerprint density at radius 1 is 1.26 bits per heavy atom. The van der Waals surface area contributed by atoms with Gasteiger partial charge in [0.15, 0.2) is 5.69 Å². The van der Waals surface area contributed by atoms with Crippen LogP contribution in [0.3, 0.4) is 0 Å². The number of amides is 2. The number of nitrogens with zero attached hydrogens (tertiary/aromatic N) is 2. The summed E-state index contributed by atoms with van der Waals surface area (Å²) in [5.74, 6) is 0.193. The molecule has 27 heavy (non-hydrogen) atoms. The van der Waals surface area contributed by atoms with Gasteiger partial charge in [0.2, 0.25) is 5.91 Å². The number of benzene rings is 1. The summed E-state index contributed by atoms with van der Waals surface area (Å²) >= 11 is 0. The molecule has 1 aliphatic heterocycles. The molecule has 1 fully saturated rings. The van der Waals surface area contributed by atoms with Crippen LogP contribution in [0.1, 0.15) is 41.1 Å². The topological polar surface area (TPSA) is 84.7 Å². The molecule has 1 N–H and O–H groups in total. The minimum absolute atomic E-state index is 0.00195. The van der Waals surface area contributed by atoms with Crippen molar-refractivity contribution in [3.05, 3.63) is 47.3 Å². The predicted molar refractivity (Wildman–Crippen MR) is 101 cm³/mol. The Morgan fingerprint density at radius 2 is 2.04 bits per heavy atom. The Balaban J connectivity index is 1.60. The Kier molecular flexibility index (Phi) is 6.24. The molecule has 2 amide bonds. The molecule has 1 unspecified atom stereocenters. The normalized spacial score (nSPS) is 16.3. The summed E-state index contributed by atoms with van der Waals surface area (Å²) in [5.41, 5.74) is 2.13. The Labute approximate surface area is 158 Å². The number of carbonyl (C=O) groups excluding carboxylic acids is 2. The molecule has 1 aliphatic rings. The zero-order chi connectivity index (χ0) is 19.2. The van der Waals surface area contributed by atoms with Crippen molar-refractivity contribution >= 4 is 17.5 Å². The number of ether oxygens (including phenoxy) is 1. The van der Waals surface area contributed by atoms with Crippen LogP contribution in [0.25, 0.3) is 0 Å². The Bertz CT molecular complexity index is 779. The molecule has 7 nitrogen and oxygen atoms in total. The molecule has 144 valence electrons. The lowest BCUT2D eigenvalue weighted by atomic mass is 10.2. The average molecular weight is 371 g/mol. The monoisotopic (exact) mass is 371 g/mol. The van der Waals surface area contributed by atoms with Gasteiger partial charge in [0.05, 0.1) is 6.10 Å². The minimum Gasteiger partial charge on any atom is -0.376 e. The van der Waals surface area contributed by atoms with Crippen LogP contribution in [0.4, 0.5) is 5.69 Å². The summed E-state index contributed by atoms with van der Waals surface area (Å²) < 4.78 is 10.7. The standard InChI is InChI=1S/C20H25N3O4/c1-14-5-7-16(8-6-14)21-19(24)9-10-23(13-17-4-3-11-26-17)20(25)18-12-15(2)27-22-18/h5-8,12,17H,3-4,9-11,13H2,1-2H3,(H,21,24). The molecular weight excluding hydrogens is 346 g/mol. The number of nitrogens with one attached hydrogen (secondary N) is 1. The molecule has 0 saturated carbocycles. The van der Waals surface area contributed by atoms with Gasteiger partial charge < -0.3 is 19.5 Å². The number of anilines is 1. The first kappa shape index (κ1) is 19.1. The van der Waals surface area contributed by atoms with Gasteiger partial charge in [-0.25, -0.2) is 0 Å². The SMILES string of the molecule is Cc1ccc(NC(=O)CCN(CC2CCCO2)C(=O)c2cc(C)on2)cc1. The number of carbonyl (C=O) groups is 2. The summed E-state index contributed by atoms with van der Waals surface area (Å²) in [6, 6.07) is 9.21. The summed E-state index contributed by atoms with van der Waals surface area (Å²) in [5, 5.41) is 6.67. The van der Waals surface area contributed by atoms with E-state index in [2.05, 4.69) is 10.5 Å². The van der Waals surface area contributed by atoms with Crippen LogP contribution in [-0.4, -0.2) is 47.7 Å². The van der Waals surface area contributed by atoms with Crippen LogP contribution >= 0.6 is 0 Å². The molecule has 1 saturated heterocycles. The third-order valence-corrected chi connectivity index (χ3v) is 4.53. The lowest BCUT2D eigenvalue weighted by Gasteiger charge is -2.24. The van der Waals surface area contributed by atoms with Crippen molar-refractivity contribution < 1.29 is 18.8 Å². The van der Waals surface area contributed by atoms with E-state index in [0.717, 1.165) is 24.1 Å². The van der Waals surface area contributed by atoms with Gasteiger partial charge in [-0.15, -0.1) is 0 Å². The summed E-state index contributed by atoms with van der Waals surface area (Å²) in [7, 11) is 0. The van der Waals surface area contributed by atoms with Gasteiger partial charge in [0, 0.05) is 37.9 Å². The minimum atomic E-state index is -0.245. The molecule has 0 spiro atoms. The van der Waals surface area contributed by atoms with Crippen molar-refractivity contribution in [3.63, 3.8) is 0 Å². The number of rotatable bonds is 7. The van der Waals surface area contributed by atoms with E-state index in [9.17, 15) is 9.59 Å². The number of aryl methyl sites for hydroxylation is 2. The highest BCUT2D eigenvalue weighted by Crippen LogP contribution is 2.16. The first-order valence-electron chi connectivity index (χ1n) is 9.22. The molecule has 0 bridgehead atoms. The molecule has 1 aromatic carbocycles. The zero-order valence-electron chi connectivity index (χ0n) is 15.7. The van der Waals surface area contributed by atoms with Gasteiger partial charge in [-0.3, -0.25) is 9.59 Å². The lowest BCUT2D eigenvalue weighted by molar-refractivity contribution is -0.116. The van der Waals surface area contributed by atoms with Gasteiger partial charge >= 0.3 is 0 Å².